The molecule has 0 aromatic rings. The zero-order chi connectivity index (χ0) is 8.43. The van der Waals surface area contributed by atoms with Crippen LogP contribution in [0.3, 0.4) is 0 Å². The number of aliphatic carboxylic acids is 1. The molecule has 0 aromatic heterocycles. The van der Waals surface area contributed by atoms with Crippen LogP contribution < -0.4 is 0 Å². The molecular weight excluding hydrogens is 154 g/mol. The number of carbonyl (C=O) groups is 2. The van der Waals surface area contributed by atoms with Crippen molar-refractivity contribution in [2.45, 2.75) is 6.10 Å². The van der Waals surface area contributed by atoms with Crippen LogP contribution in [0.2, 0.25) is 0 Å². The molecule has 1 aliphatic rings. The van der Waals surface area contributed by atoms with Crippen LogP contribution in [-0.4, -0.2) is 46.6 Å². The standard InChI is InChI=1S/C5H7NO5/c7-4(8)3-1-6(2-11-3)5(9)10/h3H,1-2H2,(H,7,8)(H,9,10). The minimum atomic E-state index is -1.16. The van der Waals surface area contributed by atoms with E-state index in [2.05, 4.69) is 4.74 Å². The van der Waals surface area contributed by atoms with Gasteiger partial charge in [-0.25, -0.2) is 9.59 Å². The van der Waals surface area contributed by atoms with E-state index in [0.29, 0.717) is 0 Å². The Morgan fingerprint density at radius 3 is 2.36 bits per heavy atom. The summed E-state index contributed by atoms with van der Waals surface area (Å²) in [5.41, 5.74) is 0. The van der Waals surface area contributed by atoms with Gasteiger partial charge in [0.2, 0.25) is 0 Å². The van der Waals surface area contributed by atoms with Gasteiger partial charge in [-0.1, -0.05) is 0 Å². The molecule has 1 aliphatic heterocycles. The fourth-order valence-electron chi connectivity index (χ4n) is 0.768. The highest BCUT2D eigenvalue weighted by molar-refractivity contribution is 5.74. The van der Waals surface area contributed by atoms with E-state index in [-0.39, 0.29) is 13.3 Å². The van der Waals surface area contributed by atoms with Gasteiger partial charge in [0, 0.05) is 0 Å². The van der Waals surface area contributed by atoms with Crippen molar-refractivity contribution in [3.63, 3.8) is 0 Å². The summed E-state index contributed by atoms with van der Waals surface area (Å²) in [7, 11) is 0. The molecule has 1 rings (SSSR count). The second-order valence-electron chi connectivity index (χ2n) is 2.13. The molecule has 2 N–H and O–H groups in total. The first-order chi connectivity index (χ1) is 5.11. The number of carboxylic acid groups (broad SMARTS) is 2. The number of hydrogen-bond donors (Lipinski definition) is 2. The van der Waals surface area contributed by atoms with Gasteiger partial charge in [0.05, 0.1) is 6.54 Å². The number of hydrogen-bond acceptors (Lipinski definition) is 3. The number of ether oxygens (including phenoxy) is 1. The third kappa shape index (κ3) is 1.58. The predicted molar refractivity (Wildman–Crippen MR) is 32.1 cm³/mol. The van der Waals surface area contributed by atoms with E-state index >= 15 is 0 Å². The van der Waals surface area contributed by atoms with E-state index in [1.54, 1.807) is 0 Å². The third-order valence-electron chi connectivity index (χ3n) is 1.36. The summed E-state index contributed by atoms with van der Waals surface area (Å²) in [5, 5.41) is 16.7. The Morgan fingerprint density at radius 1 is 1.45 bits per heavy atom. The Bertz CT molecular complexity index is 171. The molecule has 0 aromatic carbocycles. The average molecular weight is 161 g/mol. The summed E-state index contributed by atoms with van der Waals surface area (Å²) < 4.78 is 4.63. The van der Waals surface area contributed by atoms with Gasteiger partial charge in [-0.2, -0.15) is 0 Å². The van der Waals surface area contributed by atoms with Crippen LogP contribution in [0.15, 0.2) is 0 Å². The maximum atomic E-state index is 10.2. The Hall–Kier alpha value is -1.30. The van der Waals surface area contributed by atoms with Crippen LogP contribution in [0.1, 0.15) is 0 Å². The zero-order valence-corrected chi connectivity index (χ0v) is 5.56. The minimum absolute atomic E-state index is 0.0926. The first kappa shape index (κ1) is 7.80. The van der Waals surface area contributed by atoms with E-state index in [0.717, 1.165) is 4.90 Å². The largest absolute Gasteiger partial charge is 0.479 e. The van der Waals surface area contributed by atoms with Gasteiger partial charge in [0.15, 0.2) is 6.10 Å². The predicted octanol–water partition coefficient (Wildman–Crippen LogP) is -0.593. The minimum Gasteiger partial charge on any atom is -0.479 e. The average Bonchev–Trinajstić information content (AvgIpc) is 2.33. The van der Waals surface area contributed by atoms with Gasteiger partial charge < -0.3 is 14.9 Å². The van der Waals surface area contributed by atoms with Gasteiger partial charge in [0.1, 0.15) is 6.73 Å². The molecule has 1 atom stereocenters. The highest BCUT2D eigenvalue weighted by atomic mass is 16.5. The smallest absolute Gasteiger partial charge is 0.409 e. The van der Waals surface area contributed by atoms with Crippen LogP contribution in [0.25, 0.3) is 0 Å². The van der Waals surface area contributed by atoms with Crippen LogP contribution in [0.4, 0.5) is 4.79 Å². The van der Waals surface area contributed by atoms with Gasteiger partial charge >= 0.3 is 12.1 Å². The number of carboxylic acids is 1. The molecule has 1 amide bonds. The van der Waals surface area contributed by atoms with Crippen molar-refractivity contribution < 1.29 is 24.5 Å². The maximum absolute atomic E-state index is 10.2. The molecule has 11 heavy (non-hydrogen) atoms. The first-order valence-electron chi connectivity index (χ1n) is 2.93. The Labute approximate surface area is 62.0 Å². The fourth-order valence-corrected chi connectivity index (χ4v) is 0.768. The van der Waals surface area contributed by atoms with Crippen molar-refractivity contribution in [1.82, 2.24) is 4.90 Å². The third-order valence-corrected chi connectivity index (χ3v) is 1.36. The van der Waals surface area contributed by atoms with Crippen LogP contribution in [0.5, 0.6) is 0 Å². The summed E-state index contributed by atoms with van der Waals surface area (Å²) in [4.78, 5) is 21.3. The Balaban J connectivity index is 2.47. The molecule has 0 spiro atoms. The topological polar surface area (TPSA) is 87.1 Å². The fraction of sp³-hybridized carbons (Fsp3) is 0.600. The van der Waals surface area contributed by atoms with Gasteiger partial charge in [0.25, 0.3) is 0 Å². The summed E-state index contributed by atoms with van der Waals surface area (Å²) >= 11 is 0. The summed E-state index contributed by atoms with van der Waals surface area (Å²) in [6.07, 6.45) is -2.17. The molecule has 6 nitrogen and oxygen atoms in total. The lowest BCUT2D eigenvalue weighted by Crippen LogP contribution is -2.30. The molecular formula is C5H7NO5. The Kier molecular flexibility index (Phi) is 1.95. The molecule has 6 heteroatoms. The normalized spacial score (nSPS) is 23.6. The molecule has 1 fully saturated rings. The SMILES string of the molecule is O=C(O)C1CN(C(=O)O)CO1. The van der Waals surface area contributed by atoms with Crippen LogP contribution >= 0.6 is 0 Å². The van der Waals surface area contributed by atoms with Crippen molar-refractivity contribution >= 4 is 12.1 Å². The van der Waals surface area contributed by atoms with E-state index in [1.165, 1.54) is 0 Å². The molecule has 1 saturated heterocycles. The Morgan fingerprint density at radius 2 is 2.09 bits per heavy atom. The first-order valence-corrected chi connectivity index (χ1v) is 2.93. The summed E-state index contributed by atoms with van der Waals surface area (Å²) in [5.74, 6) is -1.13. The number of nitrogens with zero attached hydrogens (tertiary/aromatic N) is 1. The van der Waals surface area contributed by atoms with Crippen molar-refractivity contribution in [1.29, 1.82) is 0 Å². The van der Waals surface area contributed by atoms with Crippen molar-refractivity contribution in [2.24, 2.45) is 0 Å². The van der Waals surface area contributed by atoms with Crippen molar-refractivity contribution in [3.05, 3.63) is 0 Å². The number of rotatable bonds is 1. The molecule has 62 valence electrons. The lowest BCUT2D eigenvalue weighted by Gasteiger charge is -2.06. The van der Waals surface area contributed by atoms with E-state index in [9.17, 15) is 9.59 Å². The maximum Gasteiger partial charge on any atom is 0.409 e. The second kappa shape index (κ2) is 2.75. The van der Waals surface area contributed by atoms with Crippen LogP contribution in [0, 0.1) is 0 Å². The van der Waals surface area contributed by atoms with Crippen molar-refractivity contribution in [3.8, 4) is 0 Å². The molecule has 0 bridgehead atoms. The molecule has 1 heterocycles. The second-order valence-corrected chi connectivity index (χ2v) is 2.13. The lowest BCUT2D eigenvalue weighted by molar-refractivity contribution is -0.146. The molecule has 0 aliphatic carbocycles. The lowest BCUT2D eigenvalue weighted by atomic mass is 10.4. The molecule has 0 saturated carbocycles. The van der Waals surface area contributed by atoms with E-state index in [4.69, 9.17) is 10.2 Å². The quantitative estimate of drug-likeness (QED) is 0.536. The van der Waals surface area contributed by atoms with Gasteiger partial charge in [-0.15, -0.1) is 0 Å². The molecule has 1 unspecified atom stereocenters. The highest BCUT2D eigenvalue weighted by Crippen LogP contribution is 2.07. The monoisotopic (exact) mass is 161 g/mol. The van der Waals surface area contributed by atoms with E-state index in [1.807, 2.05) is 0 Å². The molecule has 0 radical (unpaired) electrons. The number of amides is 1. The van der Waals surface area contributed by atoms with Gasteiger partial charge in [-0.3, -0.25) is 4.90 Å². The summed E-state index contributed by atoms with van der Waals surface area (Å²) in [6.45, 7) is -0.253. The van der Waals surface area contributed by atoms with Gasteiger partial charge in [-0.05, 0) is 0 Å². The summed E-state index contributed by atoms with van der Waals surface area (Å²) in [6, 6.07) is 0. The zero-order valence-electron chi connectivity index (χ0n) is 5.56. The van der Waals surface area contributed by atoms with Crippen LogP contribution in [-0.2, 0) is 9.53 Å². The highest BCUT2D eigenvalue weighted by Gasteiger charge is 2.31. The van der Waals surface area contributed by atoms with Crippen molar-refractivity contribution in [2.75, 3.05) is 13.3 Å². The van der Waals surface area contributed by atoms with E-state index < -0.39 is 18.2 Å².